The maximum Gasteiger partial charge on any atom is 0.224 e. The summed E-state index contributed by atoms with van der Waals surface area (Å²) in [7, 11) is 1.79. The van der Waals surface area contributed by atoms with Gasteiger partial charge in [-0.05, 0) is 49.1 Å². The molecular weight excluding hydrogens is 312 g/mol. The summed E-state index contributed by atoms with van der Waals surface area (Å²) >= 11 is 0. The predicted octanol–water partition coefficient (Wildman–Crippen LogP) is 3.87. The molecule has 25 heavy (non-hydrogen) atoms. The fraction of sp³-hybridized carbons (Fsp3) is 0.381. The van der Waals surface area contributed by atoms with Crippen molar-refractivity contribution in [2.75, 3.05) is 30.4 Å². The van der Waals surface area contributed by atoms with Crippen molar-refractivity contribution in [2.24, 2.45) is 0 Å². The van der Waals surface area contributed by atoms with Gasteiger partial charge in [0.2, 0.25) is 5.91 Å². The molecule has 2 aromatic rings. The topological polar surface area (TPSA) is 41.6 Å². The third-order valence-corrected chi connectivity index (χ3v) is 4.78. The number of nitrogens with one attached hydrogen (secondary N) is 1. The van der Waals surface area contributed by atoms with Crippen molar-refractivity contribution in [2.45, 2.75) is 31.8 Å². The van der Waals surface area contributed by atoms with Crippen LogP contribution in [0.1, 0.15) is 24.8 Å². The smallest absolute Gasteiger partial charge is 0.224 e. The molecule has 1 heterocycles. The van der Waals surface area contributed by atoms with Crippen LogP contribution in [0.4, 0.5) is 11.4 Å². The van der Waals surface area contributed by atoms with Gasteiger partial charge in [-0.3, -0.25) is 4.79 Å². The number of methoxy groups -OCH3 is 1. The number of rotatable bonds is 6. The van der Waals surface area contributed by atoms with E-state index in [1.165, 1.54) is 11.3 Å². The number of amides is 1. The minimum atomic E-state index is 0.0533. The molecule has 4 nitrogen and oxygen atoms in total. The van der Waals surface area contributed by atoms with Gasteiger partial charge in [-0.2, -0.15) is 0 Å². The highest BCUT2D eigenvalue weighted by Crippen LogP contribution is 2.23. The summed E-state index contributed by atoms with van der Waals surface area (Å²) in [5, 5.41) is 2.98. The first kappa shape index (κ1) is 17.5. The first-order valence-corrected chi connectivity index (χ1v) is 8.96. The lowest BCUT2D eigenvalue weighted by atomic mass is 10.1. The number of piperidine rings is 1. The van der Waals surface area contributed by atoms with Gasteiger partial charge in [0.05, 0.1) is 6.10 Å². The van der Waals surface area contributed by atoms with Crippen molar-refractivity contribution >= 4 is 17.3 Å². The second-order valence-corrected chi connectivity index (χ2v) is 6.50. The normalized spacial score (nSPS) is 15.2. The number of aryl methyl sites for hydroxylation is 1. The molecular formula is C21H26N2O2. The molecule has 0 bridgehead atoms. The van der Waals surface area contributed by atoms with E-state index in [1.54, 1.807) is 7.11 Å². The number of carbonyl (C=O) groups excluding carboxylic acids is 1. The molecule has 0 atom stereocenters. The average Bonchev–Trinajstić information content (AvgIpc) is 2.68. The van der Waals surface area contributed by atoms with E-state index in [1.807, 2.05) is 30.3 Å². The summed E-state index contributed by atoms with van der Waals surface area (Å²) < 4.78 is 5.42. The van der Waals surface area contributed by atoms with E-state index in [0.29, 0.717) is 12.5 Å². The molecule has 1 N–H and O–H groups in total. The van der Waals surface area contributed by atoms with E-state index in [4.69, 9.17) is 4.74 Å². The van der Waals surface area contributed by atoms with Gasteiger partial charge < -0.3 is 15.0 Å². The number of nitrogens with zero attached hydrogens (tertiary/aromatic N) is 1. The molecule has 0 aliphatic carbocycles. The van der Waals surface area contributed by atoms with Crippen LogP contribution < -0.4 is 10.2 Å². The molecule has 0 spiro atoms. The van der Waals surface area contributed by atoms with E-state index in [0.717, 1.165) is 38.0 Å². The number of ether oxygens (including phenoxy) is 1. The Balaban J connectivity index is 1.48. The van der Waals surface area contributed by atoms with Crippen molar-refractivity contribution in [1.82, 2.24) is 0 Å². The Morgan fingerprint density at radius 1 is 1.08 bits per heavy atom. The van der Waals surface area contributed by atoms with Crippen molar-refractivity contribution < 1.29 is 9.53 Å². The molecule has 1 saturated heterocycles. The first-order chi connectivity index (χ1) is 12.2. The van der Waals surface area contributed by atoms with Gasteiger partial charge in [-0.1, -0.05) is 30.3 Å². The monoisotopic (exact) mass is 338 g/mol. The van der Waals surface area contributed by atoms with E-state index < -0.39 is 0 Å². The standard InChI is InChI=1S/C21H26N2O2/c1-25-20-13-15-23(16-14-20)19-10-8-18(9-11-19)22-21(24)12-7-17-5-3-2-4-6-17/h2-6,8-11,20H,7,12-16H2,1H3,(H,22,24). The van der Waals surface area contributed by atoms with Crippen LogP contribution in [0.15, 0.2) is 54.6 Å². The summed E-state index contributed by atoms with van der Waals surface area (Å²) in [6.45, 7) is 2.03. The third kappa shape index (κ3) is 5.07. The molecule has 132 valence electrons. The Morgan fingerprint density at radius 2 is 1.76 bits per heavy atom. The van der Waals surface area contributed by atoms with E-state index in [-0.39, 0.29) is 5.91 Å². The second-order valence-electron chi connectivity index (χ2n) is 6.50. The van der Waals surface area contributed by atoms with Crippen molar-refractivity contribution in [1.29, 1.82) is 0 Å². The highest BCUT2D eigenvalue weighted by atomic mass is 16.5. The molecule has 0 aromatic heterocycles. The largest absolute Gasteiger partial charge is 0.381 e. The average molecular weight is 338 g/mol. The summed E-state index contributed by atoms with van der Waals surface area (Å²) in [6.07, 6.45) is 3.78. The minimum Gasteiger partial charge on any atom is -0.381 e. The zero-order valence-electron chi connectivity index (χ0n) is 14.8. The zero-order valence-corrected chi connectivity index (χ0v) is 14.8. The van der Waals surface area contributed by atoms with Crippen molar-refractivity contribution in [3.05, 3.63) is 60.2 Å². The second kappa shape index (κ2) is 8.67. The number of carbonyl (C=O) groups is 1. The van der Waals surface area contributed by atoms with E-state index in [9.17, 15) is 4.79 Å². The predicted molar refractivity (Wildman–Crippen MR) is 102 cm³/mol. The van der Waals surface area contributed by atoms with Crippen molar-refractivity contribution in [3.63, 3.8) is 0 Å². The molecule has 4 heteroatoms. The molecule has 0 saturated carbocycles. The number of benzene rings is 2. The summed E-state index contributed by atoms with van der Waals surface area (Å²) in [4.78, 5) is 14.5. The molecule has 2 aromatic carbocycles. The molecule has 1 fully saturated rings. The minimum absolute atomic E-state index is 0.0533. The fourth-order valence-corrected chi connectivity index (χ4v) is 3.23. The Labute approximate surface area is 149 Å². The van der Waals surface area contributed by atoms with Crippen LogP contribution in [0.5, 0.6) is 0 Å². The van der Waals surface area contributed by atoms with Gasteiger partial charge in [0.25, 0.3) is 0 Å². The summed E-state index contributed by atoms with van der Waals surface area (Å²) in [6, 6.07) is 18.2. The van der Waals surface area contributed by atoms with Crippen molar-refractivity contribution in [3.8, 4) is 0 Å². The van der Waals surface area contributed by atoms with Crippen LogP contribution in [0.3, 0.4) is 0 Å². The Hall–Kier alpha value is -2.33. The van der Waals surface area contributed by atoms with Crippen LogP contribution in [0.25, 0.3) is 0 Å². The maximum atomic E-state index is 12.1. The molecule has 0 unspecified atom stereocenters. The SMILES string of the molecule is COC1CCN(c2ccc(NC(=O)CCc3ccccc3)cc2)CC1. The Morgan fingerprint density at radius 3 is 2.40 bits per heavy atom. The first-order valence-electron chi connectivity index (χ1n) is 8.96. The molecule has 1 aliphatic heterocycles. The molecule has 1 amide bonds. The van der Waals surface area contributed by atoms with Gasteiger partial charge in [-0.15, -0.1) is 0 Å². The lowest BCUT2D eigenvalue weighted by Gasteiger charge is -2.33. The summed E-state index contributed by atoms with van der Waals surface area (Å²) in [5.41, 5.74) is 3.25. The number of hydrogen-bond donors (Lipinski definition) is 1. The molecule has 0 radical (unpaired) electrons. The highest BCUT2D eigenvalue weighted by Gasteiger charge is 2.18. The van der Waals surface area contributed by atoms with Crippen LogP contribution in [-0.4, -0.2) is 32.2 Å². The molecule has 3 rings (SSSR count). The van der Waals surface area contributed by atoms with Gasteiger partial charge in [0, 0.05) is 38.0 Å². The third-order valence-electron chi connectivity index (χ3n) is 4.78. The van der Waals surface area contributed by atoms with E-state index in [2.05, 4.69) is 34.5 Å². The van der Waals surface area contributed by atoms with Gasteiger partial charge in [0.15, 0.2) is 0 Å². The zero-order chi connectivity index (χ0) is 17.5. The lowest BCUT2D eigenvalue weighted by molar-refractivity contribution is -0.116. The Kier molecular flexibility index (Phi) is 6.07. The highest BCUT2D eigenvalue weighted by molar-refractivity contribution is 5.91. The van der Waals surface area contributed by atoms with Crippen LogP contribution in [-0.2, 0) is 16.0 Å². The quantitative estimate of drug-likeness (QED) is 0.869. The van der Waals surface area contributed by atoms with Crippen LogP contribution in [0, 0.1) is 0 Å². The summed E-state index contributed by atoms with van der Waals surface area (Å²) in [5.74, 6) is 0.0533. The van der Waals surface area contributed by atoms with Gasteiger partial charge in [-0.25, -0.2) is 0 Å². The fourth-order valence-electron chi connectivity index (χ4n) is 3.23. The Bertz CT molecular complexity index is 662. The van der Waals surface area contributed by atoms with Gasteiger partial charge >= 0.3 is 0 Å². The lowest BCUT2D eigenvalue weighted by Crippen LogP contribution is -2.36. The van der Waals surface area contributed by atoms with Crippen LogP contribution in [0.2, 0.25) is 0 Å². The number of hydrogen-bond acceptors (Lipinski definition) is 3. The number of anilines is 2. The van der Waals surface area contributed by atoms with E-state index >= 15 is 0 Å². The van der Waals surface area contributed by atoms with Gasteiger partial charge in [0.1, 0.15) is 0 Å². The maximum absolute atomic E-state index is 12.1. The van der Waals surface area contributed by atoms with Crippen LogP contribution >= 0.6 is 0 Å². The molecule has 1 aliphatic rings.